The average molecular weight is 348 g/mol. The van der Waals surface area contributed by atoms with E-state index in [-0.39, 0.29) is 16.5 Å². The number of rotatable bonds is 3. The van der Waals surface area contributed by atoms with Crippen molar-refractivity contribution >= 4 is 16.8 Å². The van der Waals surface area contributed by atoms with Crippen LogP contribution in [-0.4, -0.2) is 16.1 Å². The fourth-order valence-corrected chi connectivity index (χ4v) is 2.38. The largest absolute Gasteiger partial charge is 0.573 e. The molecule has 5 nitrogen and oxygen atoms in total. The van der Waals surface area contributed by atoms with Crippen LogP contribution in [0.2, 0.25) is 0 Å². The second kappa shape index (κ2) is 5.97. The van der Waals surface area contributed by atoms with Crippen LogP contribution in [0.4, 0.5) is 13.2 Å². The molecule has 25 heavy (non-hydrogen) atoms. The summed E-state index contributed by atoms with van der Waals surface area (Å²) in [5, 5.41) is 2.79. The van der Waals surface area contributed by atoms with Gasteiger partial charge in [-0.2, -0.15) is 0 Å². The maximum atomic E-state index is 12.6. The molecule has 0 aliphatic rings. The lowest BCUT2D eigenvalue weighted by Gasteiger charge is -2.10. The van der Waals surface area contributed by atoms with Crippen molar-refractivity contribution in [2.24, 2.45) is 0 Å². The molecule has 1 heterocycles. The number of H-pyrrole nitrogens is 1. The number of alkyl halides is 3. The van der Waals surface area contributed by atoms with Gasteiger partial charge in [-0.1, -0.05) is 18.7 Å². The van der Waals surface area contributed by atoms with Crippen LogP contribution < -0.4 is 15.9 Å². The number of benzene rings is 2. The highest BCUT2D eigenvalue weighted by Crippen LogP contribution is 2.23. The summed E-state index contributed by atoms with van der Waals surface area (Å²) in [4.78, 5) is 24.8. The van der Waals surface area contributed by atoms with E-state index in [0.717, 1.165) is 16.8 Å². The Labute approximate surface area is 138 Å². The smallest absolute Gasteiger partial charge is 0.406 e. The van der Waals surface area contributed by atoms with Crippen LogP contribution >= 0.6 is 0 Å². The molecule has 0 fully saturated rings. The van der Waals surface area contributed by atoms with Crippen LogP contribution in [-0.2, 0) is 0 Å². The van der Waals surface area contributed by atoms with Crippen LogP contribution in [0.1, 0.15) is 5.56 Å². The van der Waals surface area contributed by atoms with E-state index in [0.29, 0.717) is 5.56 Å². The minimum Gasteiger partial charge on any atom is -0.406 e. The van der Waals surface area contributed by atoms with Crippen molar-refractivity contribution in [1.82, 2.24) is 9.78 Å². The zero-order valence-corrected chi connectivity index (χ0v) is 12.6. The van der Waals surface area contributed by atoms with E-state index in [2.05, 4.69) is 16.4 Å². The minimum atomic E-state index is -4.81. The van der Waals surface area contributed by atoms with Crippen molar-refractivity contribution in [3.63, 3.8) is 0 Å². The van der Waals surface area contributed by atoms with Gasteiger partial charge in [0.15, 0.2) is 0 Å². The van der Waals surface area contributed by atoms with E-state index in [1.165, 1.54) is 30.3 Å². The Hall–Kier alpha value is -3.29. The van der Waals surface area contributed by atoms with E-state index < -0.39 is 23.2 Å². The first-order chi connectivity index (χ1) is 11.8. The maximum absolute atomic E-state index is 12.6. The Morgan fingerprint density at radius 3 is 2.32 bits per heavy atom. The summed E-state index contributed by atoms with van der Waals surface area (Å²) in [5.74, 6) is -0.429. The van der Waals surface area contributed by atoms with Gasteiger partial charge in [-0.05, 0) is 42.0 Å². The summed E-state index contributed by atoms with van der Waals surface area (Å²) in [6.45, 7) is 3.61. The number of aromatic amines is 1. The van der Waals surface area contributed by atoms with E-state index >= 15 is 0 Å². The summed E-state index contributed by atoms with van der Waals surface area (Å²) in [5.41, 5.74) is -0.151. The monoisotopic (exact) mass is 348 g/mol. The number of nitrogens with zero attached hydrogens (tertiary/aromatic N) is 1. The first-order valence-electron chi connectivity index (χ1n) is 7.06. The van der Waals surface area contributed by atoms with Gasteiger partial charge in [0, 0.05) is 0 Å². The number of hydrogen-bond acceptors (Lipinski definition) is 3. The molecule has 3 aromatic rings. The highest BCUT2D eigenvalue weighted by molar-refractivity contribution is 5.83. The lowest BCUT2D eigenvalue weighted by atomic mass is 10.1. The molecule has 0 radical (unpaired) electrons. The lowest BCUT2D eigenvalue weighted by Crippen LogP contribution is -2.28. The first kappa shape index (κ1) is 16.6. The average Bonchev–Trinajstić information content (AvgIpc) is 2.57. The van der Waals surface area contributed by atoms with Gasteiger partial charge in [0.1, 0.15) is 5.75 Å². The SMILES string of the molecule is C=Cc1ccc2c(=O)[nH]n(-c3ccc(OC(F)(F)F)cc3)c(=O)c2c1. The Morgan fingerprint density at radius 1 is 1.04 bits per heavy atom. The van der Waals surface area contributed by atoms with Crippen LogP contribution in [0.15, 0.2) is 58.6 Å². The topological polar surface area (TPSA) is 64.1 Å². The molecule has 2 aromatic carbocycles. The number of hydrogen-bond donors (Lipinski definition) is 1. The molecular formula is C17H11F3N2O3. The maximum Gasteiger partial charge on any atom is 0.573 e. The normalized spacial score (nSPS) is 11.5. The van der Waals surface area contributed by atoms with Gasteiger partial charge in [-0.3, -0.25) is 14.7 Å². The Bertz CT molecular complexity index is 1060. The molecule has 0 atom stereocenters. The lowest BCUT2D eigenvalue weighted by molar-refractivity contribution is -0.274. The second-order valence-corrected chi connectivity index (χ2v) is 5.13. The second-order valence-electron chi connectivity index (χ2n) is 5.13. The molecule has 0 spiro atoms. The summed E-state index contributed by atoms with van der Waals surface area (Å²) in [6.07, 6.45) is -3.27. The van der Waals surface area contributed by atoms with Crippen LogP contribution in [0.5, 0.6) is 5.75 Å². The summed E-state index contributed by atoms with van der Waals surface area (Å²) >= 11 is 0. The fourth-order valence-electron chi connectivity index (χ4n) is 2.38. The third kappa shape index (κ3) is 3.32. The van der Waals surface area contributed by atoms with Crippen molar-refractivity contribution in [3.8, 4) is 11.4 Å². The molecule has 3 rings (SSSR count). The minimum absolute atomic E-state index is 0.178. The number of aromatic nitrogens is 2. The molecule has 0 aliphatic carbocycles. The molecule has 0 bridgehead atoms. The molecule has 1 N–H and O–H groups in total. The number of ether oxygens (including phenoxy) is 1. The zero-order valence-electron chi connectivity index (χ0n) is 12.6. The first-order valence-corrected chi connectivity index (χ1v) is 7.06. The number of nitrogens with one attached hydrogen (secondary N) is 1. The van der Waals surface area contributed by atoms with Gasteiger partial charge >= 0.3 is 6.36 Å². The predicted molar refractivity (Wildman–Crippen MR) is 86.9 cm³/mol. The van der Waals surface area contributed by atoms with Crippen molar-refractivity contribution in [3.05, 3.63) is 75.3 Å². The summed E-state index contributed by atoms with van der Waals surface area (Å²) in [6, 6.07) is 9.27. The van der Waals surface area contributed by atoms with Gasteiger partial charge in [0.2, 0.25) is 0 Å². The Kier molecular flexibility index (Phi) is 3.96. The van der Waals surface area contributed by atoms with Gasteiger partial charge in [-0.15, -0.1) is 13.2 Å². The molecule has 0 aliphatic heterocycles. The van der Waals surface area contributed by atoms with Crippen molar-refractivity contribution < 1.29 is 17.9 Å². The van der Waals surface area contributed by atoms with E-state index in [1.807, 2.05) is 0 Å². The van der Waals surface area contributed by atoms with Gasteiger partial charge in [0.05, 0.1) is 16.5 Å². The standard InChI is InChI=1S/C17H11F3N2O3/c1-2-10-3-8-13-14(9-10)16(24)22(21-15(13)23)11-4-6-12(7-5-11)25-17(18,19)20/h2-9H,1H2,(H,21,23). The quantitative estimate of drug-likeness (QED) is 0.790. The predicted octanol–water partition coefficient (Wildman–Crippen LogP) is 3.22. The van der Waals surface area contributed by atoms with Crippen LogP contribution in [0.3, 0.4) is 0 Å². The Morgan fingerprint density at radius 2 is 1.72 bits per heavy atom. The molecule has 8 heteroatoms. The Balaban J connectivity index is 2.13. The fraction of sp³-hybridized carbons (Fsp3) is 0.0588. The van der Waals surface area contributed by atoms with Crippen molar-refractivity contribution in [1.29, 1.82) is 0 Å². The molecule has 0 amide bonds. The molecular weight excluding hydrogens is 337 g/mol. The zero-order chi connectivity index (χ0) is 18.2. The van der Waals surface area contributed by atoms with Gasteiger partial charge in [0.25, 0.3) is 11.1 Å². The molecule has 0 saturated carbocycles. The van der Waals surface area contributed by atoms with Gasteiger partial charge < -0.3 is 4.74 Å². The summed E-state index contributed by atoms with van der Waals surface area (Å²) < 4.78 is 41.3. The molecule has 1 aromatic heterocycles. The molecule has 0 unspecified atom stereocenters. The van der Waals surface area contributed by atoms with Crippen LogP contribution in [0, 0.1) is 0 Å². The van der Waals surface area contributed by atoms with Crippen molar-refractivity contribution in [2.75, 3.05) is 0 Å². The molecule has 0 saturated heterocycles. The highest BCUT2D eigenvalue weighted by atomic mass is 19.4. The highest BCUT2D eigenvalue weighted by Gasteiger charge is 2.31. The van der Waals surface area contributed by atoms with Crippen molar-refractivity contribution in [2.45, 2.75) is 6.36 Å². The molecule has 128 valence electrons. The van der Waals surface area contributed by atoms with Gasteiger partial charge in [-0.25, -0.2) is 4.68 Å². The van der Waals surface area contributed by atoms with E-state index in [4.69, 9.17) is 0 Å². The van der Waals surface area contributed by atoms with Crippen LogP contribution in [0.25, 0.3) is 22.5 Å². The number of halogens is 3. The number of fused-ring (bicyclic) bond motifs is 1. The van der Waals surface area contributed by atoms with E-state index in [1.54, 1.807) is 6.07 Å². The summed E-state index contributed by atoms with van der Waals surface area (Å²) in [7, 11) is 0. The third-order valence-corrected chi connectivity index (χ3v) is 3.50. The van der Waals surface area contributed by atoms with E-state index in [9.17, 15) is 22.8 Å². The third-order valence-electron chi connectivity index (χ3n) is 3.50.